The third-order valence-corrected chi connectivity index (χ3v) is 6.97. The summed E-state index contributed by atoms with van der Waals surface area (Å²) in [6, 6.07) is 17.1. The Labute approximate surface area is 249 Å². The number of pyridine rings is 1. The van der Waals surface area contributed by atoms with Crippen molar-refractivity contribution in [2.24, 2.45) is 0 Å². The lowest BCUT2D eigenvalue weighted by Gasteiger charge is -2.12. The molecule has 6 rings (SSSR count). The van der Waals surface area contributed by atoms with Crippen molar-refractivity contribution >= 4 is 28.8 Å². The van der Waals surface area contributed by atoms with E-state index in [4.69, 9.17) is 9.51 Å². The maximum Gasteiger partial charge on any atom is 0.255 e. The fourth-order valence-corrected chi connectivity index (χ4v) is 4.64. The second-order valence-corrected chi connectivity index (χ2v) is 10.2. The Morgan fingerprint density at radius 1 is 0.884 bits per heavy atom. The van der Waals surface area contributed by atoms with Crippen molar-refractivity contribution in [2.75, 3.05) is 17.7 Å². The van der Waals surface area contributed by atoms with Gasteiger partial charge in [0.05, 0.1) is 11.9 Å². The number of benzene rings is 2. The summed E-state index contributed by atoms with van der Waals surface area (Å²) in [5.41, 5.74) is 8.28. The molecule has 43 heavy (non-hydrogen) atoms. The zero-order valence-electron chi connectivity index (χ0n) is 23.9. The second-order valence-electron chi connectivity index (χ2n) is 10.2. The van der Waals surface area contributed by atoms with E-state index >= 15 is 0 Å². The number of aromatic nitrogens is 4. The molecule has 5 aromatic rings. The van der Waals surface area contributed by atoms with Gasteiger partial charge in [-0.1, -0.05) is 35.5 Å². The molecular formula is C34H29N7O2. The van der Waals surface area contributed by atoms with Gasteiger partial charge in [-0.15, -0.1) is 0 Å². The molecule has 9 nitrogen and oxygen atoms in total. The summed E-state index contributed by atoms with van der Waals surface area (Å²) in [5.74, 6) is 0.856. The van der Waals surface area contributed by atoms with Crippen molar-refractivity contribution in [1.82, 2.24) is 25.0 Å². The van der Waals surface area contributed by atoms with Crippen LogP contribution in [-0.4, -0.2) is 38.0 Å². The molecule has 0 spiro atoms. The number of nitrogens with one attached hydrogen (secondary N) is 2. The lowest BCUT2D eigenvalue weighted by molar-refractivity contribution is 0.102. The van der Waals surface area contributed by atoms with E-state index in [-0.39, 0.29) is 5.91 Å². The number of allylic oxidation sites excluding steroid dienone is 4. The van der Waals surface area contributed by atoms with Gasteiger partial charge in [0.2, 0.25) is 5.95 Å². The number of anilines is 3. The standard InChI is InChI=1S/C34H29N7O2/c1-22-7-8-25(33(42)38-29-11-9-24(10-12-29)26-6-4-5-15-41(3)21-26)17-31(22)40-34-36-14-13-30(39-34)27-16-28(20-35-19-27)32-23(2)18-37-43-32/h4-21H,1-3H3,(H,38,42)(H,36,39,40). The molecule has 2 aromatic carbocycles. The summed E-state index contributed by atoms with van der Waals surface area (Å²) < 4.78 is 5.39. The molecule has 0 aliphatic carbocycles. The molecule has 4 heterocycles. The molecule has 1 amide bonds. The summed E-state index contributed by atoms with van der Waals surface area (Å²) in [6.07, 6.45) is 16.9. The van der Waals surface area contributed by atoms with Crippen LogP contribution in [0.25, 0.3) is 28.2 Å². The molecule has 3 aromatic heterocycles. The molecule has 0 fully saturated rings. The van der Waals surface area contributed by atoms with Crippen LogP contribution in [0.1, 0.15) is 27.0 Å². The van der Waals surface area contributed by atoms with Crippen LogP contribution in [-0.2, 0) is 0 Å². The molecular weight excluding hydrogens is 538 g/mol. The topological polar surface area (TPSA) is 109 Å². The van der Waals surface area contributed by atoms with Gasteiger partial charge < -0.3 is 20.1 Å². The lowest BCUT2D eigenvalue weighted by atomic mass is 10.1. The molecule has 1 aliphatic rings. The fourth-order valence-electron chi connectivity index (χ4n) is 4.64. The first-order valence-electron chi connectivity index (χ1n) is 13.7. The number of amides is 1. The van der Waals surface area contributed by atoms with E-state index < -0.39 is 0 Å². The van der Waals surface area contributed by atoms with Crippen LogP contribution in [0.4, 0.5) is 17.3 Å². The molecule has 2 N–H and O–H groups in total. The molecule has 0 unspecified atom stereocenters. The fraction of sp³-hybridized carbons (Fsp3) is 0.0882. The lowest BCUT2D eigenvalue weighted by Crippen LogP contribution is -2.12. The predicted octanol–water partition coefficient (Wildman–Crippen LogP) is 7.16. The van der Waals surface area contributed by atoms with Gasteiger partial charge in [-0.05, 0) is 73.0 Å². The number of nitrogens with zero attached hydrogens (tertiary/aromatic N) is 5. The number of aryl methyl sites for hydroxylation is 2. The largest absolute Gasteiger partial charge is 0.357 e. The van der Waals surface area contributed by atoms with Crippen molar-refractivity contribution in [3.8, 4) is 22.6 Å². The number of rotatable bonds is 7. The maximum atomic E-state index is 13.2. The number of hydrogen-bond acceptors (Lipinski definition) is 8. The highest BCUT2D eigenvalue weighted by atomic mass is 16.5. The van der Waals surface area contributed by atoms with Crippen molar-refractivity contribution in [2.45, 2.75) is 13.8 Å². The average molecular weight is 568 g/mol. The molecule has 9 heteroatoms. The zero-order valence-corrected chi connectivity index (χ0v) is 23.9. The van der Waals surface area contributed by atoms with Gasteiger partial charge in [-0.2, -0.15) is 0 Å². The van der Waals surface area contributed by atoms with E-state index in [1.54, 1.807) is 36.9 Å². The minimum atomic E-state index is -0.214. The minimum absolute atomic E-state index is 0.214. The third-order valence-electron chi connectivity index (χ3n) is 6.97. The maximum absolute atomic E-state index is 13.2. The van der Waals surface area contributed by atoms with Crippen LogP contribution in [0.5, 0.6) is 0 Å². The Hall–Kier alpha value is -5.83. The Bertz CT molecular complexity index is 1890. The smallest absolute Gasteiger partial charge is 0.255 e. The number of carbonyl (C=O) groups excluding carboxylic acids is 1. The monoisotopic (exact) mass is 567 g/mol. The summed E-state index contributed by atoms with van der Waals surface area (Å²) in [7, 11) is 1.99. The normalized spacial score (nSPS) is 12.5. The number of hydrogen-bond donors (Lipinski definition) is 2. The molecule has 0 saturated carbocycles. The molecule has 0 atom stereocenters. The van der Waals surface area contributed by atoms with Crippen LogP contribution < -0.4 is 10.6 Å². The summed E-state index contributed by atoms with van der Waals surface area (Å²) in [4.78, 5) is 28.6. The third kappa shape index (κ3) is 6.25. The summed E-state index contributed by atoms with van der Waals surface area (Å²) in [6.45, 7) is 3.90. The van der Waals surface area contributed by atoms with E-state index in [0.717, 1.165) is 39.1 Å². The molecule has 0 bridgehead atoms. The molecule has 0 radical (unpaired) electrons. The highest BCUT2D eigenvalue weighted by Gasteiger charge is 2.13. The van der Waals surface area contributed by atoms with Crippen molar-refractivity contribution < 1.29 is 9.32 Å². The van der Waals surface area contributed by atoms with E-state index in [1.165, 1.54) is 0 Å². The van der Waals surface area contributed by atoms with Gasteiger partial charge >= 0.3 is 0 Å². The van der Waals surface area contributed by atoms with Gasteiger partial charge in [0.25, 0.3) is 5.91 Å². The van der Waals surface area contributed by atoms with Crippen molar-refractivity contribution in [1.29, 1.82) is 0 Å². The predicted molar refractivity (Wildman–Crippen MR) is 168 cm³/mol. The quantitative estimate of drug-likeness (QED) is 0.213. The van der Waals surface area contributed by atoms with E-state index in [9.17, 15) is 4.79 Å². The first-order valence-corrected chi connectivity index (χ1v) is 13.7. The first kappa shape index (κ1) is 27.3. The van der Waals surface area contributed by atoms with Crippen LogP contribution in [0.15, 0.2) is 115 Å². The summed E-state index contributed by atoms with van der Waals surface area (Å²) >= 11 is 0. The van der Waals surface area contributed by atoms with Crippen LogP contribution in [0, 0.1) is 13.8 Å². The average Bonchev–Trinajstić information content (AvgIpc) is 3.34. The Morgan fingerprint density at radius 3 is 2.53 bits per heavy atom. The van der Waals surface area contributed by atoms with Gasteiger partial charge in [0.15, 0.2) is 5.76 Å². The zero-order chi connectivity index (χ0) is 29.8. The highest BCUT2D eigenvalue weighted by molar-refractivity contribution is 6.05. The molecule has 1 aliphatic heterocycles. The summed E-state index contributed by atoms with van der Waals surface area (Å²) in [5, 5.41) is 10.1. The van der Waals surface area contributed by atoms with Crippen LogP contribution in [0.3, 0.4) is 0 Å². The van der Waals surface area contributed by atoms with Gasteiger partial charge in [-0.25, -0.2) is 9.97 Å². The second kappa shape index (κ2) is 12.0. The van der Waals surface area contributed by atoms with E-state index in [0.29, 0.717) is 28.7 Å². The Kier molecular flexibility index (Phi) is 7.60. The van der Waals surface area contributed by atoms with Crippen LogP contribution >= 0.6 is 0 Å². The van der Waals surface area contributed by atoms with Gasteiger partial charge in [0, 0.05) is 71.7 Å². The molecule has 0 saturated heterocycles. The van der Waals surface area contributed by atoms with Gasteiger partial charge in [0.1, 0.15) is 0 Å². The van der Waals surface area contributed by atoms with E-state index in [2.05, 4.69) is 38.0 Å². The van der Waals surface area contributed by atoms with Gasteiger partial charge in [-0.3, -0.25) is 9.78 Å². The Balaban J connectivity index is 1.17. The van der Waals surface area contributed by atoms with E-state index in [1.807, 2.05) is 86.6 Å². The van der Waals surface area contributed by atoms with Crippen molar-refractivity contribution in [3.05, 3.63) is 132 Å². The minimum Gasteiger partial charge on any atom is -0.357 e. The number of carbonyl (C=O) groups is 1. The first-order chi connectivity index (χ1) is 20.9. The molecule has 212 valence electrons. The highest BCUT2D eigenvalue weighted by Crippen LogP contribution is 2.28. The SMILES string of the molecule is Cc1ccc(C(=O)Nc2ccc(C3=CN(C)C=CC=C3)cc2)cc1Nc1nccc(-c2cncc(-c3oncc3C)c2)n1. The van der Waals surface area contributed by atoms with Crippen molar-refractivity contribution in [3.63, 3.8) is 0 Å². The Morgan fingerprint density at radius 2 is 1.72 bits per heavy atom. The van der Waals surface area contributed by atoms with Crippen LogP contribution in [0.2, 0.25) is 0 Å².